The first kappa shape index (κ1) is 28.7. The third-order valence-electron chi connectivity index (χ3n) is 6.28. The average molecular weight is 577 g/mol. The van der Waals surface area contributed by atoms with Crippen molar-refractivity contribution in [3.05, 3.63) is 81.5 Å². The fraction of sp³-hybridized carbons (Fsp3) is 0.200. The van der Waals surface area contributed by atoms with Gasteiger partial charge in [-0.05, 0) is 37.8 Å². The number of anilines is 2. The minimum Gasteiger partial charge on any atom is -0.478 e. The van der Waals surface area contributed by atoms with E-state index in [2.05, 4.69) is 10.6 Å². The van der Waals surface area contributed by atoms with Crippen molar-refractivity contribution in [3.8, 4) is 22.3 Å². The number of hydrogen-bond acceptors (Lipinski definition) is 6. The van der Waals surface area contributed by atoms with Gasteiger partial charge >= 0.3 is 11.9 Å². The van der Waals surface area contributed by atoms with Crippen LogP contribution in [0.25, 0.3) is 22.3 Å². The quantitative estimate of drug-likeness (QED) is 0.139. The number of hydrogen-bond donors (Lipinski definition) is 4. The predicted molar refractivity (Wildman–Crippen MR) is 159 cm³/mol. The van der Waals surface area contributed by atoms with Crippen molar-refractivity contribution in [2.24, 2.45) is 0 Å². The molecule has 0 spiro atoms. The largest absolute Gasteiger partial charge is 0.478 e. The molecule has 0 saturated heterocycles. The lowest BCUT2D eigenvalue weighted by atomic mass is 10.0. The van der Waals surface area contributed by atoms with Gasteiger partial charge in [0.25, 0.3) is 0 Å². The molecule has 0 aliphatic heterocycles. The smallest absolute Gasteiger partial charge is 0.339 e. The summed E-state index contributed by atoms with van der Waals surface area (Å²) in [5, 5.41) is 25.7. The van der Waals surface area contributed by atoms with Crippen LogP contribution in [0, 0.1) is 13.8 Å². The number of benzene rings is 2. The van der Waals surface area contributed by atoms with Gasteiger partial charge in [0, 0.05) is 33.7 Å². The van der Waals surface area contributed by atoms with E-state index in [0.29, 0.717) is 24.0 Å². The first-order chi connectivity index (χ1) is 19.2. The molecule has 0 aliphatic rings. The summed E-state index contributed by atoms with van der Waals surface area (Å²) < 4.78 is 0. The summed E-state index contributed by atoms with van der Waals surface area (Å²) in [5.41, 5.74) is 2.84. The van der Waals surface area contributed by atoms with Gasteiger partial charge in [-0.15, -0.1) is 22.7 Å². The third kappa shape index (κ3) is 6.47. The maximum absolute atomic E-state index is 12.6. The first-order valence-corrected chi connectivity index (χ1v) is 14.2. The molecule has 10 heteroatoms. The van der Waals surface area contributed by atoms with Gasteiger partial charge in [0.2, 0.25) is 11.8 Å². The lowest BCUT2D eigenvalue weighted by Gasteiger charge is -2.07. The summed E-state index contributed by atoms with van der Waals surface area (Å²) in [5.74, 6) is -2.90. The van der Waals surface area contributed by atoms with E-state index in [0.717, 1.165) is 20.9 Å². The average Bonchev–Trinajstić information content (AvgIpc) is 3.43. The second kappa shape index (κ2) is 12.7. The number of carbonyl (C=O) groups is 4. The molecule has 2 aromatic carbocycles. The monoisotopic (exact) mass is 576 g/mol. The second-order valence-electron chi connectivity index (χ2n) is 9.12. The Morgan fingerprint density at radius 3 is 1.30 bits per heavy atom. The number of aromatic carboxylic acids is 2. The van der Waals surface area contributed by atoms with Crippen LogP contribution in [0.3, 0.4) is 0 Å². The minimum absolute atomic E-state index is 0.0665. The predicted octanol–water partition coefficient (Wildman–Crippen LogP) is 7.29. The Balaban J connectivity index is 1.34. The van der Waals surface area contributed by atoms with Crippen LogP contribution in [0.5, 0.6) is 0 Å². The molecule has 40 heavy (non-hydrogen) atoms. The molecule has 0 saturated carbocycles. The second-order valence-corrected chi connectivity index (χ2v) is 11.6. The molecule has 4 rings (SSSR count). The molecule has 0 fully saturated rings. The topological polar surface area (TPSA) is 133 Å². The van der Waals surface area contributed by atoms with Crippen molar-refractivity contribution in [2.45, 2.75) is 39.5 Å². The molecule has 4 aromatic rings. The van der Waals surface area contributed by atoms with E-state index in [1.165, 1.54) is 22.7 Å². The number of rotatable bonds is 11. The van der Waals surface area contributed by atoms with E-state index in [1.807, 2.05) is 74.5 Å². The number of thiophene rings is 2. The number of carboxylic acids is 2. The van der Waals surface area contributed by atoms with Crippen molar-refractivity contribution in [1.29, 1.82) is 0 Å². The fourth-order valence-corrected chi connectivity index (χ4v) is 6.70. The highest BCUT2D eigenvalue weighted by Gasteiger charge is 2.25. The number of aryl methyl sites for hydroxylation is 2. The maximum atomic E-state index is 12.6. The van der Waals surface area contributed by atoms with Crippen molar-refractivity contribution < 1.29 is 29.4 Å². The van der Waals surface area contributed by atoms with E-state index >= 15 is 0 Å². The molecule has 8 nitrogen and oxygen atoms in total. The Hall–Kier alpha value is -4.28. The molecule has 0 unspecified atom stereocenters. The van der Waals surface area contributed by atoms with Gasteiger partial charge < -0.3 is 20.8 Å². The highest BCUT2D eigenvalue weighted by atomic mass is 32.1. The van der Waals surface area contributed by atoms with Crippen molar-refractivity contribution in [3.63, 3.8) is 0 Å². The SMILES string of the molecule is Cc1sc(NC(=O)CCCCC(=O)Nc2sc(C)c(-c3ccccc3)c2C(=O)O)c(C(=O)O)c1-c1ccccc1. The molecule has 2 heterocycles. The van der Waals surface area contributed by atoms with Crippen LogP contribution in [-0.2, 0) is 9.59 Å². The Morgan fingerprint density at radius 1 is 0.625 bits per heavy atom. The summed E-state index contributed by atoms with van der Waals surface area (Å²) >= 11 is 2.44. The Kier molecular flexibility index (Phi) is 9.13. The highest BCUT2D eigenvalue weighted by molar-refractivity contribution is 7.17. The number of carbonyl (C=O) groups excluding carboxylic acids is 2. The van der Waals surface area contributed by atoms with Crippen LogP contribution in [-0.4, -0.2) is 34.0 Å². The van der Waals surface area contributed by atoms with Crippen LogP contribution in [0.4, 0.5) is 10.0 Å². The van der Waals surface area contributed by atoms with E-state index < -0.39 is 11.9 Å². The number of carboxylic acid groups (broad SMARTS) is 2. The summed E-state index contributed by atoms with van der Waals surface area (Å²) in [6.07, 6.45) is 1.03. The first-order valence-electron chi connectivity index (χ1n) is 12.6. The highest BCUT2D eigenvalue weighted by Crippen LogP contribution is 2.41. The Bertz CT molecular complexity index is 1440. The summed E-state index contributed by atoms with van der Waals surface area (Å²) in [6, 6.07) is 18.3. The van der Waals surface area contributed by atoms with Gasteiger partial charge in [0.05, 0.1) is 0 Å². The van der Waals surface area contributed by atoms with Crippen LogP contribution in [0.15, 0.2) is 60.7 Å². The van der Waals surface area contributed by atoms with Gasteiger partial charge in [0.1, 0.15) is 21.1 Å². The number of amides is 2. The Labute approximate surface area is 239 Å². The molecule has 0 radical (unpaired) electrons. The summed E-state index contributed by atoms with van der Waals surface area (Å²) in [7, 11) is 0. The fourth-order valence-electron chi connectivity index (χ4n) is 4.53. The van der Waals surface area contributed by atoms with E-state index in [4.69, 9.17) is 0 Å². The van der Waals surface area contributed by atoms with Gasteiger partial charge in [-0.2, -0.15) is 0 Å². The van der Waals surface area contributed by atoms with Gasteiger partial charge in [-0.3, -0.25) is 9.59 Å². The molecule has 2 aromatic heterocycles. The van der Waals surface area contributed by atoms with Crippen molar-refractivity contribution >= 4 is 56.4 Å². The van der Waals surface area contributed by atoms with Crippen molar-refractivity contribution in [1.82, 2.24) is 0 Å². The van der Waals surface area contributed by atoms with Gasteiger partial charge in [-0.1, -0.05) is 60.7 Å². The maximum Gasteiger partial charge on any atom is 0.339 e. The van der Waals surface area contributed by atoms with Crippen molar-refractivity contribution in [2.75, 3.05) is 10.6 Å². The normalized spacial score (nSPS) is 10.8. The molecule has 206 valence electrons. The zero-order valence-corrected chi connectivity index (χ0v) is 23.6. The molecular formula is C30H28N2O6S2. The van der Waals surface area contributed by atoms with E-state index in [9.17, 15) is 29.4 Å². The van der Waals surface area contributed by atoms with Crippen LogP contribution >= 0.6 is 22.7 Å². The molecular weight excluding hydrogens is 548 g/mol. The lowest BCUT2D eigenvalue weighted by Crippen LogP contribution is -2.15. The molecule has 0 bridgehead atoms. The molecule has 4 N–H and O–H groups in total. The minimum atomic E-state index is -1.12. The lowest BCUT2D eigenvalue weighted by molar-refractivity contribution is -0.118. The third-order valence-corrected chi connectivity index (χ3v) is 8.33. The van der Waals surface area contributed by atoms with E-state index in [1.54, 1.807) is 0 Å². The summed E-state index contributed by atoms with van der Waals surface area (Å²) in [6.45, 7) is 3.64. The Morgan fingerprint density at radius 2 is 0.975 bits per heavy atom. The molecule has 2 amide bonds. The zero-order valence-electron chi connectivity index (χ0n) is 21.9. The van der Waals surface area contributed by atoms with Gasteiger partial charge in [-0.25, -0.2) is 9.59 Å². The van der Waals surface area contributed by atoms with Crippen LogP contribution < -0.4 is 10.6 Å². The van der Waals surface area contributed by atoms with Crippen LogP contribution in [0.2, 0.25) is 0 Å². The van der Waals surface area contributed by atoms with Gasteiger partial charge in [0.15, 0.2) is 0 Å². The molecule has 0 aliphatic carbocycles. The summed E-state index contributed by atoms with van der Waals surface area (Å²) in [4.78, 5) is 50.9. The molecule has 0 atom stereocenters. The standard InChI is InChI=1S/C30H28N2O6S2/c1-17-23(19-11-5-3-6-12-19)25(29(35)36)27(39-17)31-21(33)15-9-10-16-22(34)32-28-26(30(37)38)24(18(2)40-28)20-13-7-4-8-14-20/h3-8,11-14H,9-10,15-16H2,1-2H3,(H,31,33)(H,32,34)(H,35,36)(H,37,38). The van der Waals surface area contributed by atoms with Crippen LogP contribution in [0.1, 0.15) is 56.2 Å². The van der Waals surface area contributed by atoms with E-state index in [-0.39, 0.29) is 45.8 Å². The number of unbranched alkanes of at least 4 members (excludes halogenated alkanes) is 1. The zero-order chi connectivity index (χ0) is 28.8. The number of nitrogens with one attached hydrogen (secondary N) is 2.